The standard InChI is InChI=1S/C43H72O8/c1-5-7-8-17-20-41(44)50-40-24-23-38-37-22-21-33-30-35(25-27-42(33,3)39(37)26-28-43(38,40)4)49-34(6-2)19-16-14-12-10-9-11-13-15-18-29-47-31-36(51-46)32-48-45/h6,16,19,30,34-40,45-46H,2,5,7-15,17-18,20-29,31-32H2,1,3-4H3/b19-16-/t34?,35?,36?,37-,38-,39-,40-,42-,43-/m0/s1. The molecule has 0 heterocycles. The number of carbonyl (C=O) groups excluding carboxylic acids is 1. The molecule has 8 heteroatoms. The van der Waals surface area contributed by atoms with Gasteiger partial charge in [0.05, 0.1) is 18.8 Å². The second-order valence-electron chi connectivity index (χ2n) is 16.6. The summed E-state index contributed by atoms with van der Waals surface area (Å²) in [6.45, 7) is 12.0. The largest absolute Gasteiger partial charge is 0.462 e. The van der Waals surface area contributed by atoms with Crippen LogP contribution in [0.3, 0.4) is 0 Å². The number of hydrogen-bond donors (Lipinski definition) is 2. The SMILES string of the molecule is C=CC(/C=C\CCCCCCCCCOCC(COO)OO)OC1C=C2CC[C@H]3[C@@H]4CC[C@H](OC(=O)CCCCCC)[C@@]4(C)CC[C@@H]3[C@@]2(C)CC1. The van der Waals surface area contributed by atoms with Gasteiger partial charge >= 0.3 is 5.97 Å². The maximum atomic E-state index is 12.8. The first-order chi connectivity index (χ1) is 24.8. The van der Waals surface area contributed by atoms with Crippen LogP contribution in [0.2, 0.25) is 0 Å². The fourth-order valence-electron chi connectivity index (χ4n) is 10.2. The highest BCUT2D eigenvalue weighted by molar-refractivity contribution is 5.69. The second-order valence-corrected chi connectivity index (χ2v) is 16.6. The Kier molecular flexibility index (Phi) is 18.2. The Morgan fingerprint density at radius 1 is 0.922 bits per heavy atom. The van der Waals surface area contributed by atoms with Gasteiger partial charge in [-0.05, 0) is 100 Å². The molecule has 51 heavy (non-hydrogen) atoms. The van der Waals surface area contributed by atoms with Crippen molar-refractivity contribution in [3.8, 4) is 0 Å². The van der Waals surface area contributed by atoms with Gasteiger partial charge in [0, 0.05) is 18.4 Å². The fourth-order valence-corrected chi connectivity index (χ4v) is 10.2. The molecule has 0 spiro atoms. The van der Waals surface area contributed by atoms with E-state index in [1.54, 1.807) is 5.57 Å². The molecule has 0 aromatic rings. The Bertz CT molecular complexity index is 1090. The van der Waals surface area contributed by atoms with Crippen molar-refractivity contribution in [2.45, 2.75) is 180 Å². The number of hydrogen-bond acceptors (Lipinski definition) is 8. The molecule has 4 aliphatic carbocycles. The third-order valence-corrected chi connectivity index (χ3v) is 13.3. The molecule has 3 saturated carbocycles. The van der Waals surface area contributed by atoms with Crippen molar-refractivity contribution in [1.82, 2.24) is 0 Å². The van der Waals surface area contributed by atoms with Gasteiger partial charge < -0.3 is 14.2 Å². The van der Waals surface area contributed by atoms with Crippen molar-refractivity contribution in [3.63, 3.8) is 0 Å². The molecule has 0 amide bonds. The molecule has 0 bridgehead atoms. The lowest BCUT2D eigenvalue weighted by atomic mass is 9.47. The Morgan fingerprint density at radius 2 is 1.69 bits per heavy atom. The highest BCUT2D eigenvalue weighted by atomic mass is 17.1. The second kappa shape index (κ2) is 22.0. The Balaban J connectivity index is 1.13. The fraction of sp³-hybridized carbons (Fsp3) is 0.837. The molecule has 0 aromatic heterocycles. The minimum absolute atomic E-state index is 0.0350. The van der Waals surface area contributed by atoms with Crippen LogP contribution in [-0.4, -0.2) is 60.7 Å². The summed E-state index contributed by atoms with van der Waals surface area (Å²) in [4.78, 5) is 20.9. The van der Waals surface area contributed by atoms with Gasteiger partial charge in [-0.2, -0.15) is 0 Å². The number of fused-ring (bicyclic) bond motifs is 5. The maximum absolute atomic E-state index is 12.8. The van der Waals surface area contributed by atoms with Gasteiger partial charge in [0.15, 0.2) is 0 Å². The molecule has 2 N–H and O–H groups in total. The quantitative estimate of drug-likeness (QED) is 0.0316. The lowest BCUT2D eigenvalue weighted by Crippen LogP contribution is -2.52. The summed E-state index contributed by atoms with van der Waals surface area (Å²) in [6, 6.07) is 0. The zero-order valence-corrected chi connectivity index (χ0v) is 32.4. The van der Waals surface area contributed by atoms with Crippen LogP contribution < -0.4 is 0 Å². The first-order valence-electron chi connectivity index (χ1n) is 20.8. The van der Waals surface area contributed by atoms with Crippen LogP contribution in [0.4, 0.5) is 0 Å². The van der Waals surface area contributed by atoms with E-state index in [2.05, 4.69) is 55.4 Å². The summed E-state index contributed by atoms with van der Waals surface area (Å²) in [5, 5.41) is 17.1. The first-order valence-corrected chi connectivity index (χ1v) is 20.8. The van der Waals surface area contributed by atoms with Crippen molar-refractivity contribution in [2.24, 2.45) is 28.6 Å². The predicted molar refractivity (Wildman–Crippen MR) is 202 cm³/mol. The zero-order valence-electron chi connectivity index (χ0n) is 32.4. The average Bonchev–Trinajstić information content (AvgIpc) is 3.46. The first kappa shape index (κ1) is 42.2. The predicted octanol–water partition coefficient (Wildman–Crippen LogP) is 10.8. The van der Waals surface area contributed by atoms with E-state index in [-0.39, 0.29) is 48.3 Å². The van der Waals surface area contributed by atoms with E-state index in [0.717, 1.165) is 56.8 Å². The van der Waals surface area contributed by atoms with Gasteiger partial charge in [-0.25, -0.2) is 9.78 Å². The van der Waals surface area contributed by atoms with E-state index in [9.17, 15) is 4.79 Å². The molecule has 0 saturated heterocycles. The van der Waals surface area contributed by atoms with Crippen molar-refractivity contribution in [3.05, 3.63) is 36.5 Å². The van der Waals surface area contributed by atoms with Gasteiger partial charge in [-0.15, -0.1) is 6.58 Å². The monoisotopic (exact) mass is 717 g/mol. The average molecular weight is 717 g/mol. The number of esters is 1. The minimum Gasteiger partial charge on any atom is -0.462 e. The Labute approximate surface area is 309 Å². The van der Waals surface area contributed by atoms with Gasteiger partial charge in [-0.1, -0.05) is 102 Å². The summed E-state index contributed by atoms with van der Waals surface area (Å²) in [6.07, 6.45) is 32.2. The molecule has 0 aliphatic heterocycles. The van der Waals surface area contributed by atoms with Crippen molar-refractivity contribution < 1.29 is 39.3 Å². The van der Waals surface area contributed by atoms with Crippen LogP contribution in [-0.2, 0) is 28.8 Å². The van der Waals surface area contributed by atoms with Crippen LogP contribution in [0.5, 0.6) is 0 Å². The smallest absolute Gasteiger partial charge is 0.306 e. The third-order valence-electron chi connectivity index (χ3n) is 13.3. The molecule has 4 aliphatic rings. The zero-order chi connectivity index (χ0) is 36.5. The summed E-state index contributed by atoms with van der Waals surface area (Å²) in [5.41, 5.74) is 2.04. The number of ether oxygens (including phenoxy) is 3. The van der Waals surface area contributed by atoms with E-state index in [4.69, 9.17) is 24.7 Å². The van der Waals surface area contributed by atoms with Crippen LogP contribution in [0, 0.1) is 28.6 Å². The molecule has 292 valence electrons. The summed E-state index contributed by atoms with van der Waals surface area (Å²) >= 11 is 0. The topological polar surface area (TPSA) is 104 Å². The highest BCUT2D eigenvalue weighted by Crippen LogP contribution is 2.66. The summed E-state index contributed by atoms with van der Waals surface area (Å²) in [5.74, 6) is 2.17. The van der Waals surface area contributed by atoms with Crippen LogP contribution in [0.25, 0.3) is 0 Å². The summed E-state index contributed by atoms with van der Waals surface area (Å²) < 4.78 is 18.3. The normalized spacial score (nSPS) is 31.4. The van der Waals surface area contributed by atoms with Crippen LogP contribution >= 0.6 is 0 Å². The highest BCUT2D eigenvalue weighted by Gasteiger charge is 2.60. The minimum atomic E-state index is -0.662. The van der Waals surface area contributed by atoms with E-state index >= 15 is 0 Å². The third kappa shape index (κ3) is 12.0. The summed E-state index contributed by atoms with van der Waals surface area (Å²) in [7, 11) is 0. The van der Waals surface area contributed by atoms with Crippen molar-refractivity contribution in [1.29, 1.82) is 0 Å². The number of unbranched alkanes of at least 4 members (excludes halogenated alkanes) is 10. The van der Waals surface area contributed by atoms with E-state index in [1.807, 2.05) is 6.08 Å². The van der Waals surface area contributed by atoms with Crippen molar-refractivity contribution in [2.75, 3.05) is 19.8 Å². The lowest BCUT2D eigenvalue weighted by molar-refractivity contribution is -0.332. The van der Waals surface area contributed by atoms with E-state index in [0.29, 0.717) is 18.9 Å². The lowest BCUT2D eigenvalue weighted by Gasteiger charge is -2.58. The Hall–Kier alpha value is -1.55. The molecular weight excluding hydrogens is 644 g/mol. The Morgan fingerprint density at radius 3 is 2.43 bits per heavy atom. The molecule has 3 fully saturated rings. The van der Waals surface area contributed by atoms with E-state index in [1.165, 1.54) is 83.5 Å². The van der Waals surface area contributed by atoms with Gasteiger partial charge in [0.2, 0.25) is 0 Å². The number of allylic oxidation sites excluding steroid dienone is 2. The van der Waals surface area contributed by atoms with Gasteiger partial charge in [0.25, 0.3) is 0 Å². The molecule has 8 nitrogen and oxygen atoms in total. The van der Waals surface area contributed by atoms with Crippen LogP contribution in [0.1, 0.15) is 156 Å². The molecule has 9 atom stereocenters. The van der Waals surface area contributed by atoms with Crippen molar-refractivity contribution >= 4 is 5.97 Å². The molecule has 0 radical (unpaired) electrons. The number of carbonyl (C=O) groups is 1. The van der Waals surface area contributed by atoms with Crippen LogP contribution in [0.15, 0.2) is 36.5 Å². The molecular formula is C43H72O8. The van der Waals surface area contributed by atoms with E-state index < -0.39 is 6.10 Å². The maximum Gasteiger partial charge on any atom is 0.306 e. The number of rotatable bonds is 25. The van der Waals surface area contributed by atoms with Gasteiger partial charge in [0.1, 0.15) is 18.8 Å². The molecule has 3 unspecified atom stereocenters. The molecule has 4 rings (SSSR count). The van der Waals surface area contributed by atoms with Gasteiger partial charge in [-0.3, -0.25) is 15.3 Å². The molecule has 0 aromatic carbocycles.